The van der Waals surface area contributed by atoms with Crippen LogP contribution in [0, 0.1) is 5.41 Å². The van der Waals surface area contributed by atoms with Gasteiger partial charge in [-0.05, 0) is 60.6 Å². The van der Waals surface area contributed by atoms with E-state index in [1.165, 1.54) is 23.1 Å². The van der Waals surface area contributed by atoms with Gasteiger partial charge in [0.25, 0.3) is 0 Å². The maximum atomic E-state index is 8.13. The third kappa shape index (κ3) is 3.07. The Morgan fingerprint density at radius 1 is 1.10 bits per heavy atom. The Balaban J connectivity index is 1.71. The molecule has 0 saturated carbocycles. The Bertz CT molecular complexity index is 661. The van der Waals surface area contributed by atoms with Crippen molar-refractivity contribution in [1.82, 2.24) is 0 Å². The summed E-state index contributed by atoms with van der Waals surface area (Å²) in [5, 5.41) is 14.5. The minimum atomic E-state index is 0.323. The number of aryl methyl sites for hydroxylation is 2. The summed E-state index contributed by atoms with van der Waals surface area (Å²) in [6, 6.07) is 14.5. The molecule has 2 aromatic carbocycles. The molecule has 0 saturated heterocycles. The third-order valence-corrected chi connectivity index (χ3v) is 4.01. The van der Waals surface area contributed by atoms with Gasteiger partial charge in [0, 0.05) is 11.4 Å². The average Bonchev–Trinajstić information content (AvgIpc) is 2.97. The fourth-order valence-electron chi connectivity index (χ4n) is 2.92. The Hall–Kier alpha value is -2.29. The van der Waals surface area contributed by atoms with E-state index in [0.717, 1.165) is 30.6 Å². The van der Waals surface area contributed by atoms with E-state index in [1.807, 2.05) is 12.1 Å². The summed E-state index contributed by atoms with van der Waals surface area (Å²) in [4.78, 5) is 0. The second-order valence-corrected chi connectivity index (χ2v) is 5.48. The molecule has 0 heterocycles. The maximum absolute atomic E-state index is 8.13. The molecule has 1 aliphatic rings. The van der Waals surface area contributed by atoms with E-state index < -0.39 is 0 Å². The third-order valence-electron chi connectivity index (χ3n) is 4.01. The second-order valence-electron chi connectivity index (χ2n) is 5.48. The van der Waals surface area contributed by atoms with Crippen molar-refractivity contribution in [1.29, 1.82) is 5.41 Å². The van der Waals surface area contributed by atoms with Crippen LogP contribution < -0.4 is 10.6 Å². The first kappa shape index (κ1) is 13.7. The predicted octanol–water partition coefficient (Wildman–Crippen LogP) is 4.20. The SMILES string of the molecule is CCc1cccc(NC(=N)Nc2cccc3c2CCC3)c1. The van der Waals surface area contributed by atoms with Crippen LogP contribution in [0.25, 0.3) is 0 Å². The van der Waals surface area contributed by atoms with Gasteiger partial charge in [-0.1, -0.05) is 31.2 Å². The van der Waals surface area contributed by atoms with Gasteiger partial charge in [0.05, 0.1) is 0 Å². The number of guanidine groups is 1. The monoisotopic (exact) mass is 279 g/mol. The number of hydrogen-bond donors (Lipinski definition) is 3. The zero-order chi connectivity index (χ0) is 14.7. The molecule has 0 spiro atoms. The highest BCUT2D eigenvalue weighted by atomic mass is 15.1. The van der Waals surface area contributed by atoms with E-state index in [0.29, 0.717) is 5.96 Å². The fourth-order valence-corrected chi connectivity index (χ4v) is 2.92. The second kappa shape index (κ2) is 6.00. The van der Waals surface area contributed by atoms with E-state index in [-0.39, 0.29) is 0 Å². The van der Waals surface area contributed by atoms with Crippen molar-refractivity contribution in [2.45, 2.75) is 32.6 Å². The molecule has 0 radical (unpaired) electrons. The lowest BCUT2D eigenvalue weighted by Crippen LogP contribution is -2.21. The van der Waals surface area contributed by atoms with Crippen LogP contribution in [0.3, 0.4) is 0 Å². The van der Waals surface area contributed by atoms with Crippen LogP contribution in [0.2, 0.25) is 0 Å². The van der Waals surface area contributed by atoms with Crippen LogP contribution in [-0.4, -0.2) is 5.96 Å². The van der Waals surface area contributed by atoms with E-state index >= 15 is 0 Å². The predicted molar refractivity (Wildman–Crippen MR) is 89.3 cm³/mol. The van der Waals surface area contributed by atoms with E-state index in [4.69, 9.17) is 5.41 Å². The lowest BCUT2D eigenvalue weighted by atomic mass is 10.1. The van der Waals surface area contributed by atoms with Crippen molar-refractivity contribution in [2.24, 2.45) is 0 Å². The Labute approximate surface area is 125 Å². The zero-order valence-electron chi connectivity index (χ0n) is 12.4. The molecule has 0 fully saturated rings. The summed E-state index contributed by atoms with van der Waals surface area (Å²) in [6.07, 6.45) is 4.48. The lowest BCUT2D eigenvalue weighted by Gasteiger charge is -2.14. The highest BCUT2D eigenvalue weighted by Crippen LogP contribution is 2.28. The molecule has 108 valence electrons. The standard InChI is InChI=1S/C18H21N3/c1-2-13-6-3-9-15(12-13)20-18(19)21-17-11-5-8-14-7-4-10-16(14)17/h3,5-6,8-9,11-12H,2,4,7,10H2,1H3,(H3,19,20,21). The van der Waals surface area contributed by atoms with Gasteiger partial charge in [-0.2, -0.15) is 0 Å². The van der Waals surface area contributed by atoms with Gasteiger partial charge in [-0.15, -0.1) is 0 Å². The Kier molecular flexibility index (Phi) is 3.91. The van der Waals surface area contributed by atoms with Crippen molar-refractivity contribution in [3.8, 4) is 0 Å². The molecule has 0 amide bonds. The van der Waals surface area contributed by atoms with Crippen LogP contribution >= 0.6 is 0 Å². The molecule has 0 aromatic heterocycles. The molecular weight excluding hydrogens is 258 g/mol. The van der Waals surface area contributed by atoms with Gasteiger partial charge in [-0.3, -0.25) is 5.41 Å². The van der Waals surface area contributed by atoms with Crippen molar-refractivity contribution >= 4 is 17.3 Å². The van der Waals surface area contributed by atoms with Crippen molar-refractivity contribution < 1.29 is 0 Å². The Morgan fingerprint density at radius 3 is 2.81 bits per heavy atom. The van der Waals surface area contributed by atoms with E-state index in [1.54, 1.807) is 0 Å². The van der Waals surface area contributed by atoms with Gasteiger partial charge in [0.15, 0.2) is 5.96 Å². The number of anilines is 2. The number of rotatable bonds is 3. The highest BCUT2D eigenvalue weighted by molar-refractivity contribution is 6.02. The maximum Gasteiger partial charge on any atom is 0.197 e. The summed E-state index contributed by atoms with van der Waals surface area (Å²) in [7, 11) is 0. The smallest absolute Gasteiger partial charge is 0.197 e. The van der Waals surface area contributed by atoms with Gasteiger partial charge in [-0.25, -0.2) is 0 Å². The first-order valence-corrected chi connectivity index (χ1v) is 7.58. The molecule has 0 atom stereocenters. The molecule has 0 unspecified atom stereocenters. The summed E-state index contributed by atoms with van der Waals surface area (Å²) in [5.74, 6) is 0.323. The van der Waals surface area contributed by atoms with Crippen LogP contribution in [0.5, 0.6) is 0 Å². The number of nitrogens with one attached hydrogen (secondary N) is 3. The molecule has 3 heteroatoms. The van der Waals surface area contributed by atoms with Crippen LogP contribution in [0.1, 0.15) is 30.0 Å². The van der Waals surface area contributed by atoms with Crippen molar-refractivity contribution in [3.05, 3.63) is 59.2 Å². The normalized spacial score (nSPS) is 12.8. The molecule has 0 aliphatic heterocycles. The molecular formula is C18H21N3. The zero-order valence-corrected chi connectivity index (χ0v) is 12.4. The van der Waals surface area contributed by atoms with E-state index in [9.17, 15) is 0 Å². The van der Waals surface area contributed by atoms with Crippen LogP contribution in [0.4, 0.5) is 11.4 Å². The number of hydrogen-bond acceptors (Lipinski definition) is 1. The number of benzene rings is 2. The lowest BCUT2D eigenvalue weighted by molar-refractivity contribution is 0.912. The summed E-state index contributed by atoms with van der Waals surface area (Å²) in [5.41, 5.74) is 6.08. The fraction of sp³-hybridized carbons (Fsp3) is 0.278. The molecule has 1 aliphatic carbocycles. The Morgan fingerprint density at radius 2 is 1.95 bits per heavy atom. The average molecular weight is 279 g/mol. The largest absolute Gasteiger partial charge is 0.326 e. The van der Waals surface area contributed by atoms with Crippen molar-refractivity contribution in [3.63, 3.8) is 0 Å². The topological polar surface area (TPSA) is 47.9 Å². The molecule has 3 N–H and O–H groups in total. The molecule has 21 heavy (non-hydrogen) atoms. The summed E-state index contributed by atoms with van der Waals surface area (Å²) >= 11 is 0. The molecule has 2 aromatic rings. The van der Waals surface area contributed by atoms with Gasteiger partial charge >= 0.3 is 0 Å². The number of fused-ring (bicyclic) bond motifs is 1. The highest BCUT2D eigenvalue weighted by Gasteiger charge is 2.14. The summed E-state index contributed by atoms with van der Waals surface area (Å²) in [6.45, 7) is 2.13. The summed E-state index contributed by atoms with van der Waals surface area (Å²) < 4.78 is 0. The quantitative estimate of drug-likeness (QED) is 0.582. The van der Waals surface area contributed by atoms with Gasteiger partial charge in [0.2, 0.25) is 0 Å². The first-order chi connectivity index (χ1) is 10.3. The van der Waals surface area contributed by atoms with Crippen LogP contribution in [-0.2, 0) is 19.3 Å². The molecule has 3 rings (SSSR count). The van der Waals surface area contributed by atoms with Crippen molar-refractivity contribution in [2.75, 3.05) is 10.6 Å². The van der Waals surface area contributed by atoms with Crippen LogP contribution in [0.15, 0.2) is 42.5 Å². The van der Waals surface area contributed by atoms with Gasteiger partial charge in [0.1, 0.15) is 0 Å². The first-order valence-electron chi connectivity index (χ1n) is 7.58. The molecule has 3 nitrogen and oxygen atoms in total. The van der Waals surface area contributed by atoms with Gasteiger partial charge < -0.3 is 10.6 Å². The minimum Gasteiger partial charge on any atom is -0.326 e. The van der Waals surface area contributed by atoms with E-state index in [2.05, 4.69) is 47.9 Å². The minimum absolute atomic E-state index is 0.323. The molecule has 0 bridgehead atoms.